The Morgan fingerprint density at radius 2 is 1.95 bits per heavy atom. The van der Waals surface area contributed by atoms with Gasteiger partial charge >= 0.3 is 0 Å². The van der Waals surface area contributed by atoms with Crippen molar-refractivity contribution in [1.29, 1.82) is 0 Å². The van der Waals surface area contributed by atoms with Gasteiger partial charge in [0.25, 0.3) is 0 Å². The minimum absolute atomic E-state index is 0.0718. The topological polar surface area (TPSA) is 21.3 Å². The number of nitrogens with one attached hydrogen (secondary N) is 1. The molecule has 1 heterocycles. The molecule has 0 aliphatic heterocycles. The van der Waals surface area contributed by atoms with Crippen LogP contribution in [0, 0.1) is 5.41 Å². The minimum Gasteiger partial charge on any atom is -0.376 e. The molecule has 0 aromatic carbocycles. The van der Waals surface area contributed by atoms with E-state index >= 15 is 0 Å². The lowest BCUT2D eigenvalue weighted by molar-refractivity contribution is -0.0855. The van der Waals surface area contributed by atoms with Crippen LogP contribution in [0.25, 0.3) is 0 Å². The molecule has 0 bridgehead atoms. The van der Waals surface area contributed by atoms with Gasteiger partial charge in [-0.25, -0.2) is 0 Å². The normalized spacial score (nSPS) is 23.2. The number of ether oxygens (including phenoxy) is 1. The zero-order chi connectivity index (χ0) is 14.1. The highest BCUT2D eigenvalue weighted by Crippen LogP contribution is 2.49. The van der Waals surface area contributed by atoms with Gasteiger partial charge in [0.05, 0.1) is 11.6 Å². The van der Waals surface area contributed by atoms with Crippen LogP contribution in [0.5, 0.6) is 0 Å². The molecule has 1 fully saturated rings. The standard InChI is InChI=1S/C15H24BrNOS/c1-14(2)6-8-15(18-4,9-7-14)13(17-3)12-11(16)5-10-19-12/h5,10,13,17H,6-9H2,1-4H3. The summed E-state index contributed by atoms with van der Waals surface area (Å²) in [6, 6.07) is 2.39. The second-order valence-corrected chi connectivity index (χ2v) is 8.09. The first-order valence-corrected chi connectivity index (χ1v) is 8.57. The lowest BCUT2D eigenvalue weighted by Gasteiger charge is -2.46. The highest BCUT2D eigenvalue weighted by Gasteiger charge is 2.45. The second kappa shape index (κ2) is 5.84. The first-order chi connectivity index (χ1) is 8.94. The van der Waals surface area contributed by atoms with Crippen molar-refractivity contribution in [3.63, 3.8) is 0 Å². The maximum absolute atomic E-state index is 6.03. The van der Waals surface area contributed by atoms with Gasteiger partial charge in [0.2, 0.25) is 0 Å². The fraction of sp³-hybridized carbons (Fsp3) is 0.733. The molecule has 1 atom stereocenters. The molecular weight excluding hydrogens is 322 g/mol. The molecular formula is C15H24BrNOS. The highest BCUT2D eigenvalue weighted by atomic mass is 79.9. The van der Waals surface area contributed by atoms with Crippen LogP contribution in [0.2, 0.25) is 0 Å². The second-order valence-electron chi connectivity index (χ2n) is 6.29. The van der Waals surface area contributed by atoms with Gasteiger partial charge in [-0.2, -0.15) is 0 Å². The van der Waals surface area contributed by atoms with E-state index in [1.165, 1.54) is 22.2 Å². The van der Waals surface area contributed by atoms with Crippen LogP contribution >= 0.6 is 27.3 Å². The Kier molecular flexibility index (Phi) is 4.76. The predicted molar refractivity (Wildman–Crippen MR) is 85.8 cm³/mol. The van der Waals surface area contributed by atoms with Crippen molar-refractivity contribution >= 4 is 27.3 Å². The summed E-state index contributed by atoms with van der Waals surface area (Å²) in [5, 5.41) is 5.63. The Hall–Kier alpha value is 0.1000. The summed E-state index contributed by atoms with van der Waals surface area (Å²) in [4.78, 5) is 1.35. The molecule has 2 nitrogen and oxygen atoms in total. The van der Waals surface area contributed by atoms with Crippen LogP contribution in [0.15, 0.2) is 15.9 Å². The van der Waals surface area contributed by atoms with Crippen molar-refractivity contribution in [1.82, 2.24) is 5.32 Å². The van der Waals surface area contributed by atoms with Gasteiger partial charge in [-0.05, 0) is 65.5 Å². The summed E-state index contributed by atoms with van der Waals surface area (Å²) >= 11 is 5.47. The largest absolute Gasteiger partial charge is 0.376 e. The van der Waals surface area contributed by atoms with E-state index in [9.17, 15) is 0 Å². The van der Waals surface area contributed by atoms with Crippen molar-refractivity contribution < 1.29 is 4.74 Å². The third-order valence-electron chi connectivity index (χ3n) is 4.58. The van der Waals surface area contributed by atoms with Crippen LogP contribution in [0.4, 0.5) is 0 Å². The van der Waals surface area contributed by atoms with Gasteiger partial charge in [-0.15, -0.1) is 11.3 Å². The van der Waals surface area contributed by atoms with Gasteiger partial charge in [0.1, 0.15) is 0 Å². The van der Waals surface area contributed by atoms with Crippen molar-refractivity contribution in [2.45, 2.75) is 51.2 Å². The molecule has 1 saturated carbocycles. The van der Waals surface area contributed by atoms with Crippen molar-refractivity contribution in [3.8, 4) is 0 Å². The molecule has 0 saturated heterocycles. The Balaban J connectivity index is 2.27. The SMILES string of the molecule is CNC(c1sccc1Br)C1(OC)CCC(C)(C)CC1. The number of hydrogen-bond donors (Lipinski definition) is 1. The molecule has 4 heteroatoms. The summed E-state index contributed by atoms with van der Waals surface area (Å²) in [6.45, 7) is 4.73. The van der Waals surface area contributed by atoms with Gasteiger partial charge < -0.3 is 10.1 Å². The molecule has 108 valence electrons. The fourth-order valence-electron chi connectivity index (χ4n) is 3.11. The van der Waals surface area contributed by atoms with Gasteiger partial charge in [0.15, 0.2) is 0 Å². The Labute approximate surface area is 129 Å². The molecule has 0 radical (unpaired) electrons. The van der Waals surface area contributed by atoms with Crippen molar-refractivity contribution in [2.24, 2.45) is 5.41 Å². The zero-order valence-corrected chi connectivity index (χ0v) is 14.7. The summed E-state index contributed by atoms with van der Waals surface area (Å²) in [6.07, 6.45) is 4.68. The maximum atomic E-state index is 6.03. The van der Waals surface area contributed by atoms with Crippen molar-refractivity contribution in [2.75, 3.05) is 14.2 Å². The quantitative estimate of drug-likeness (QED) is 0.849. The Bertz CT molecular complexity index is 420. The first-order valence-electron chi connectivity index (χ1n) is 6.89. The molecule has 1 N–H and O–H groups in total. The highest BCUT2D eigenvalue weighted by molar-refractivity contribution is 9.10. The van der Waals surface area contributed by atoms with Crippen LogP contribution in [0.3, 0.4) is 0 Å². The van der Waals surface area contributed by atoms with E-state index in [1.54, 1.807) is 11.3 Å². The smallest absolute Gasteiger partial charge is 0.0881 e. The van der Waals surface area contributed by atoms with Gasteiger partial charge in [0, 0.05) is 16.5 Å². The lowest BCUT2D eigenvalue weighted by atomic mass is 9.68. The minimum atomic E-state index is -0.0718. The zero-order valence-electron chi connectivity index (χ0n) is 12.3. The molecule has 1 aromatic rings. The summed E-state index contributed by atoms with van der Waals surface area (Å²) < 4.78 is 7.22. The van der Waals surface area contributed by atoms with E-state index < -0.39 is 0 Å². The monoisotopic (exact) mass is 345 g/mol. The third-order valence-corrected chi connectivity index (χ3v) is 6.51. The summed E-state index contributed by atoms with van der Waals surface area (Å²) in [5.74, 6) is 0. The fourth-order valence-corrected chi connectivity index (χ4v) is 4.92. The van der Waals surface area contributed by atoms with Crippen LogP contribution in [-0.2, 0) is 4.74 Å². The van der Waals surface area contributed by atoms with E-state index in [0.29, 0.717) is 5.41 Å². The van der Waals surface area contributed by atoms with Gasteiger partial charge in [-0.3, -0.25) is 0 Å². The molecule has 1 aliphatic rings. The summed E-state index contributed by atoms with van der Waals surface area (Å²) in [5.41, 5.74) is 0.380. The van der Waals surface area contributed by atoms with E-state index in [2.05, 4.69) is 46.5 Å². The molecule has 1 aliphatic carbocycles. The number of thiophene rings is 1. The van der Waals surface area contributed by atoms with Crippen LogP contribution in [-0.4, -0.2) is 19.8 Å². The summed E-state index contributed by atoms with van der Waals surface area (Å²) in [7, 11) is 3.90. The number of halogens is 1. The van der Waals surface area contributed by atoms with Crippen molar-refractivity contribution in [3.05, 3.63) is 20.8 Å². The maximum Gasteiger partial charge on any atom is 0.0881 e. The molecule has 0 amide bonds. The Morgan fingerprint density at radius 1 is 1.32 bits per heavy atom. The number of methoxy groups -OCH3 is 1. The van der Waals surface area contributed by atoms with E-state index in [0.717, 1.165) is 12.8 Å². The molecule has 1 aromatic heterocycles. The van der Waals surface area contributed by atoms with Gasteiger partial charge in [-0.1, -0.05) is 13.8 Å². The van der Waals surface area contributed by atoms with E-state index in [4.69, 9.17) is 4.74 Å². The Morgan fingerprint density at radius 3 is 2.37 bits per heavy atom. The number of hydrogen-bond acceptors (Lipinski definition) is 3. The predicted octanol–water partition coefficient (Wildman–Crippen LogP) is 4.76. The third kappa shape index (κ3) is 3.07. The lowest BCUT2D eigenvalue weighted by Crippen LogP contribution is -2.48. The molecule has 19 heavy (non-hydrogen) atoms. The molecule has 1 unspecified atom stereocenters. The molecule has 2 rings (SSSR count). The van der Waals surface area contributed by atoms with E-state index in [-0.39, 0.29) is 11.6 Å². The van der Waals surface area contributed by atoms with E-state index in [1.807, 2.05) is 14.2 Å². The first kappa shape index (κ1) is 15.5. The van der Waals surface area contributed by atoms with Crippen LogP contribution in [0.1, 0.15) is 50.4 Å². The average molecular weight is 346 g/mol. The number of likely N-dealkylation sites (N-methyl/N-ethyl adjacent to an activating group) is 1. The average Bonchev–Trinajstić information content (AvgIpc) is 2.79. The van der Waals surface area contributed by atoms with Crippen LogP contribution < -0.4 is 5.32 Å². The molecule has 0 spiro atoms. The number of rotatable bonds is 4.